The molecule has 9 nitrogen and oxygen atoms in total. The Hall–Kier alpha value is -4.63. The summed E-state index contributed by atoms with van der Waals surface area (Å²) in [5, 5.41) is 16.3. The first-order valence-corrected chi connectivity index (χ1v) is 15.6. The van der Waals surface area contributed by atoms with Crippen LogP contribution in [-0.4, -0.2) is 41.7 Å². The molecule has 2 N–H and O–H groups in total. The van der Waals surface area contributed by atoms with Gasteiger partial charge in [-0.1, -0.05) is 81.7 Å². The smallest absolute Gasteiger partial charge is 0.252 e. The first-order valence-electron chi connectivity index (χ1n) is 14.9. The summed E-state index contributed by atoms with van der Waals surface area (Å²) < 4.78 is 13.3. The second-order valence-electron chi connectivity index (χ2n) is 11.2. The molecule has 0 aromatic heterocycles. The molecule has 228 valence electrons. The predicted molar refractivity (Wildman–Crippen MR) is 176 cm³/mol. The lowest BCUT2D eigenvalue weighted by atomic mass is 9.81. The van der Waals surface area contributed by atoms with Gasteiger partial charge in [-0.25, -0.2) is 4.99 Å². The van der Waals surface area contributed by atoms with E-state index in [9.17, 15) is 10.3 Å². The molecule has 10 heteroatoms. The van der Waals surface area contributed by atoms with Crippen LogP contribution >= 0.6 is 15.9 Å². The fourth-order valence-electron chi connectivity index (χ4n) is 5.99. The molecule has 6 rings (SSSR count). The number of ether oxygens (including phenoxy) is 2. The molecule has 1 aliphatic carbocycles. The van der Waals surface area contributed by atoms with Crippen molar-refractivity contribution in [2.75, 3.05) is 13.2 Å². The number of carbonyl (C=O) groups is 1. The van der Waals surface area contributed by atoms with E-state index >= 15 is 0 Å². The minimum atomic E-state index is -1.42. The molecule has 2 aliphatic rings. The van der Waals surface area contributed by atoms with Crippen molar-refractivity contribution in [3.8, 4) is 5.75 Å². The van der Waals surface area contributed by atoms with E-state index in [0.29, 0.717) is 41.5 Å². The molecule has 45 heavy (non-hydrogen) atoms. The van der Waals surface area contributed by atoms with E-state index in [1.54, 1.807) is 12.1 Å². The Bertz CT molecular complexity index is 1730. The highest BCUT2D eigenvalue weighted by Gasteiger charge is 2.54. The van der Waals surface area contributed by atoms with Crippen molar-refractivity contribution in [1.29, 1.82) is 0 Å². The topological polar surface area (TPSA) is 129 Å². The highest BCUT2D eigenvalue weighted by Crippen LogP contribution is 2.45. The van der Waals surface area contributed by atoms with Gasteiger partial charge in [0.05, 0.1) is 6.61 Å². The maximum atomic E-state index is 14.7. The standard InChI is InChI=1S/C35H32BrN5O4/c36-27-14-10-23(11-15-27)22-35(34(43)38-28-20-25-6-1-2-7-26(25)21-28)32(30-8-3-4-9-31(30)40-41-37)45-33(39-35)24-12-16-29(17-13-24)44-19-5-18-42/h1-4,6-17,28,32,42H,5,18-22H2,(H,38,43)/t32-,35-/m1/s1. The minimum Gasteiger partial charge on any atom is -0.494 e. The lowest BCUT2D eigenvalue weighted by molar-refractivity contribution is -0.129. The van der Waals surface area contributed by atoms with Crippen molar-refractivity contribution in [3.63, 3.8) is 0 Å². The highest BCUT2D eigenvalue weighted by molar-refractivity contribution is 9.10. The minimum absolute atomic E-state index is 0.0525. The fourth-order valence-corrected chi connectivity index (χ4v) is 6.26. The number of nitrogens with zero attached hydrogens (tertiary/aromatic N) is 4. The summed E-state index contributed by atoms with van der Waals surface area (Å²) in [5.74, 6) is 0.693. The molecular weight excluding hydrogens is 634 g/mol. The number of nitrogens with one attached hydrogen (secondary N) is 1. The third kappa shape index (κ3) is 6.59. The van der Waals surface area contributed by atoms with E-state index in [-0.39, 0.29) is 25.0 Å². The van der Waals surface area contributed by atoms with Gasteiger partial charge < -0.3 is 19.9 Å². The summed E-state index contributed by atoms with van der Waals surface area (Å²) >= 11 is 3.51. The molecule has 1 aliphatic heterocycles. The average molecular weight is 667 g/mol. The second kappa shape index (κ2) is 13.6. The number of rotatable bonds is 11. The molecule has 0 saturated heterocycles. The SMILES string of the molecule is [N-]=[N+]=Nc1ccccc1[C@H]1OC(c2ccc(OCCCO)cc2)=N[C@@]1(Cc1ccc(Br)cc1)C(=O)NC1Cc2ccccc2C1. The summed E-state index contributed by atoms with van der Waals surface area (Å²) in [6.07, 6.45) is 1.34. The van der Waals surface area contributed by atoms with Gasteiger partial charge in [-0.2, -0.15) is 0 Å². The second-order valence-corrected chi connectivity index (χ2v) is 12.1. The Labute approximate surface area is 269 Å². The quantitative estimate of drug-likeness (QED) is 0.0778. The van der Waals surface area contributed by atoms with Crippen LogP contribution in [-0.2, 0) is 28.8 Å². The van der Waals surface area contributed by atoms with E-state index in [2.05, 4.69) is 43.4 Å². The number of halogens is 1. The summed E-state index contributed by atoms with van der Waals surface area (Å²) in [6.45, 7) is 0.448. The zero-order chi connectivity index (χ0) is 31.2. The summed E-state index contributed by atoms with van der Waals surface area (Å²) in [4.78, 5) is 22.9. The van der Waals surface area contributed by atoms with Gasteiger partial charge in [-0.05, 0) is 71.5 Å². The summed E-state index contributed by atoms with van der Waals surface area (Å²) in [7, 11) is 0. The number of amides is 1. The molecule has 4 aromatic rings. The van der Waals surface area contributed by atoms with Crippen LogP contribution in [0.3, 0.4) is 0 Å². The number of aliphatic imine (C=N–C) groups is 1. The van der Waals surface area contributed by atoms with E-state index in [1.807, 2.05) is 72.8 Å². The zero-order valence-corrected chi connectivity index (χ0v) is 26.1. The number of benzene rings is 4. The van der Waals surface area contributed by atoms with Gasteiger partial charge in [0.2, 0.25) is 5.90 Å². The van der Waals surface area contributed by atoms with Crippen LogP contribution in [0.1, 0.15) is 40.3 Å². The third-order valence-electron chi connectivity index (χ3n) is 8.17. The number of aliphatic hydroxyl groups excluding tert-OH is 1. The van der Waals surface area contributed by atoms with Crippen molar-refractivity contribution in [1.82, 2.24) is 5.32 Å². The first kappa shape index (κ1) is 30.4. The lowest BCUT2D eigenvalue weighted by Gasteiger charge is -2.32. The molecular formula is C35H32BrN5O4. The van der Waals surface area contributed by atoms with Gasteiger partial charge in [0.15, 0.2) is 11.6 Å². The van der Waals surface area contributed by atoms with Crippen LogP contribution in [0.5, 0.6) is 5.75 Å². The number of fused-ring (bicyclic) bond motifs is 1. The predicted octanol–water partition coefficient (Wildman–Crippen LogP) is 6.94. The molecule has 0 unspecified atom stereocenters. The van der Waals surface area contributed by atoms with Crippen molar-refractivity contribution < 1.29 is 19.4 Å². The van der Waals surface area contributed by atoms with Gasteiger partial charge in [-0.3, -0.25) is 4.79 Å². The van der Waals surface area contributed by atoms with Gasteiger partial charge >= 0.3 is 0 Å². The molecule has 0 saturated carbocycles. The summed E-state index contributed by atoms with van der Waals surface area (Å²) in [6, 6.07) is 30.4. The van der Waals surface area contributed by atoms with E-state index in [4.69, 9.17) is 19.6 Å². The van der Waals surface area contributed by atoms with Crippen LogP contribution < -0.4 is 10.1 Å². The van der Waals surface area contributed by atoms with E-state index < -0.39 is 11.6 Å². The number of azide groups is 1. The molecule has 4 aromatic carbocycles. The Kier molecular flexibility index (Phi) is 9.16. The molecule has 1 heterocycles. The monoisotopic (exact) mass is 665 g/mol. The maximum Gasteiger partial charge on any atom is 0.252 e. The largest absolute Gasteiger partial charge is 0.494 e. The number of hydrogen-bond acceptors (Lipinski definition) is 6. The summed E-state index contributed by atoms with van der Waals surface area (Å²) in [5.41, 5.74) is 12.9. The average Bonchev–Trinajstić information content (AvgIpc) is 3.65. The van der Waals surface area contributed by atoms with Gasteiger partial charge in [-0.15, -0.1) is 0 Å². The fraction of sp³-hybridized carbons (Fsp3) is 0.257. The highest BCUT2D eigenvalue weighted by atomic mass is 79.9. The van der Waals surface area contributed by atoms with Crippen LogP contribution in [0.25, 0.3) is 10.4 Å². The van der Waals surface area contributed by atoms with E-state index in [0.717, 1.165) is 22.9 Å². The van der Waals surface area contributed by atoms with E-state index in [1.165, 1.54) is 11.1 Å². The number of hydrogen-bond donors (Lipinski definition) is 2. The Morgan fingerprint density at radius 2 is 1.71 bits per heavy atom. The Balaban J connectivity index is 1.43. The van der Waals surface area contributed by atoms with Crippen molar-refractivity contribution >= 4 is 33.4 Å². The van der Waals surface area contributed by atoms with Crippen molar-refractivity contribution in [3.05, 3.63) is 140 Å². The molecule has 1 amide bonds. The van der Waals surface area contributed by atoms with Crippen LogP contribution in [0, 0.1) is 0 Å². The van der Waals surface area contributed by atoms with Crippen LogP contribution in [0.4, 0.5) is 5.69 Å². The number of carbonyl (C=O) groups excluding carboxylic acids is 1. The molecule has 0 spiro atoms. The molecule has 2 atom stereocenters. The normalized spacial score (nSPS) is 18.8. The van der Waals surface area contributed by atoms with Gasteiger partial charge in [0.25, 0.3) is 5.91 Å². The lowest BCUT2D eigenvalue weighted by Crippen LogP contribution is -2.53. The van der Waals surface area contributed by atoms with Gasteiger partial charge in [0.1, 0.15) is 5.75 Å². The first-order chi connectivity index (χ1) is 22.0. The Morgan fingerprint density at radius 1 is 1.02 bits per heavy atom. The molecule has 0 radical (unpaired) electrons. The third-order valence-corrected chi connectivity index (χ3v) is 8.70. The molecule has 0 bridgehead atoms. The number of aliphatic hydroxyl groups is 1. The zero-order valence-electron chi connectivity index (χ0n) is 24.5. The van der Waals surface area contributed by atoms with Crippen LogP contribution in [0.2, 0.25) is 0 Å². The van der Waals surface area contributed by atoms with Crippen LogP contribution in [0.15, 0.2) is 112 Å². The molecule has 0 fully saturated rings. The van der Waals surface area contributed by atoms with Crippen molar-refractivity contribution in [2.24, 2.45) is 10.1 Å². The Morgan fingerprint density at radius 3 is 2.40 bits per heavy atom. The van der Waals surface area contributed by atoms with Gasteiger partial charge in [0, 0.05) is 51.7 Å². The van der Waals surface area contributed by atoms with Crippen molar-refractivity contribution in [2.45, 2.75) is 43.4 Å². The maximum absolute atomic E-state index is 14.7.